The minimum Gasteiger partial charge on any atom is -0.443 e. The standard InChI is InChI=1S/C11H13ClN4O2/c1-11(2,3)18-10(17)15-16-6-14-8-7(12)4-5-13-9(8)16/h4-6H,1-3H3,(H,15,17). The molecule has 0 aliphatic heterocycles. The molecule has 0 spiro atoms. The number of aromatic nitrogens is 3. The molecule has 1 amide bonds. The molecular formula is C11H13ClN4O2. The summed E-state index contributed by atoms with van der Waals surface area (Å²) < 4.78 is 6.50. The molecule has 1 N–H and O–H groups in total. The van der Waals surface area contributed by atoms with Crippen LogP contribution >= 0.6 is 11.6 Å². The van der Waals surface area contributed by atoms with Gasteiger partial charge in [-0.25, -0.2) is 24.9 Å². The minimum absolute atomic E-state index is 0.466. The molecule has 0 aliphatic rings. The van der Waals surface area contributed by atoms with Crippen molar-refractivity contribution in [2.45, 2.75) is 26.4 Å². The summed E-state index contributed by atoms with van der Waals surface area (Å²) in [5.74, 6) is 0. The molecule has 0 aromatic carbocycles. The van der Waals surface area contributed by atoms with Gasteiger partial charge < -0.3 is 4.74 Å². The van der Waals surface area contributed by atoms with E-state index >= 15 is 0 Å². The second-order valence-electron chi connectivity index (χ2n) is 4.69. The topological polar surface area (TPSA) is 69.0 Å². The Bertz CT molecular complexity index is 588. The van der Waals surface area contributed by atoms with Crippen LogP contribution in [0.1, 0.15) is 20.8 Å². The highest BCUT2D eigenvalue weighted by Gasteiger charge is 2.17. The van der Waals surface area contributed by atoms with Crippen LogP contribution in [0.4, 0.5) is 4.79 Å². The minimum atomic E-state index is -0.580. The summed E-state index contributed by atoms with van der Waals surface area (Å²) in [6, 6.07) is 1.63. The summed E-state index contributed by atoms with van der Waals surface area (Å²) >= 11 is 5.95. The van der Waals surface area contributed by atoms with Crippen molar-refractivity contribution in [3.8, 4) is 0 Å². The lowest BCUT2D eigenvalue weighted by Gasteiger charge is -2.19. The summed E-state index contributed by atoms with van der Waals surface area (Å²) in [6.45, 7) is 5.36. The first-order chi connectivity index (χ1) is 8.37. The third kappa shape index (κ3) is 2.70. The Labute approximate surface area is 109 Å². The number of nitrogens with one attached hydrogen (secondary N) is 1. The van der Waals surface area contributed by atoms with E-state index in [1.54, 1.807) is 33.0 Å². The van der Waals surface area contributed by atoms with Crippen molar-refractivity contribution in [2.75, 3.05) is 5.43 Å². The number of amides is 1. The van der Waals surface area contributed by atoms with Gasteiger partial charge in [0, 0.05) is 6.20 Å². The van der Waals surface area contributed by atoms with Crippen molar-refractivity contribution in [3.05, 3.63) is 23.6 Å². The number of pyridine rings is 1. The number of hydrogen-bond acceptors (Lipinski definition) is 4. The normalized spacial score (nSPS) is 11.6. The van der Waals surface area contributed by atoms with Crippen LogP contribution in [0.5, 0.6) is 0 Å². The molecule has 7 heteroatoms. The van der Waals surface area contributed by atoms with E-state index in [4.69, 9.17) is 16.3 Å². The highest BCUT2D eigenvalue weighted by molar-refractivity contribution is 6.34. The third-order valence-corrected chi connectivity index (χ3v) is 2.30. The Kier molecular flexibility index (Phi) is 3.13. The molecule has 0 aliphatic carbocycles. The predicted molar refractivity (Wildman–Crippen MR) is 68.1 cm³/mol. The molecule has 2 rings (SSSR count). The van der Waals surface area contributed by atoms with Crippen LogP contribution in [-0.4, -0.2) is 26.3 Å². The fourth-order valence-electron chi connectivity index (χ4n) is 1.37. The molecule has 0 bridgehead atoms. The Morgan fingerprint density at radius 1 is 1.44 bits per heavy atom. The van der Waals surface area contributed by atoms with Crippen molar-refractivity contribution in [1.29, 1.82) is 0 Å². The second kappa shape index (κ2) is 4.45. The summed E-state index contributed by atoms with van der Waals surface area (Å²) in [4.78, 5) is 19.8. The van der Waals surface area contributed by atoms with Crippen LogP contribution in [0, 0.1) is 0 Å². The van der Waals surface area contributed by atoms with Crippen molar-refractivity contribution in [3.63, 3.8) is 0 Å². The molecule has 18 heavy (non-hydrogen) atoms. The molecule has 6 nitrogen and oxygen atoms in total. The molecule has 0 unspecified atom stereocenters. The van der Waals surface area contributed by atoms with Crippen LogP contribution < -0.4 is 5.43 Å². The van der Waals surface area contributed by atoms with Gasteiger partial charge in [-0.15, -0.1) is 0 Å². The number of halogens is 1. The third-order valence-electron chi connectivity index (χ3n) is 2.00. The average Bonchev–Trinajstić information content (AvgIpc) is 2.60. The van der Waals surface area contributed by atoms with E-state index in [1.165, 1.54) is 11.0 Å². The first kappa shape index (κ1) is 12.6. The van der Waals surface area contributed by atoms with Gasteiger partial charge in [-0.05, 0) is 26.8 Å². The zero-order chi connectivity index (χ0) is 13.3. The fraction of sp³-hybridized carbons (Fsp3) is 0.364. The second-order valence-corrected chi connectivity index (χ2v) is 5.10. The first-order valence-corrected chi connectivity index (χ1v) is 5.72. The average molecular weight is 269 g/mol. The predicted octanol–water partition coefficient (Wildman–Crippen LogP) is 2.56. The van der Waals surface area contributed by atoms with Gasteiger partial charge in [0.2, 0.25) is 0 Å². The number of carbonyl (C=O) groups excluding carboxylic acids is 1. The SMILES string of the molecule is CC(C)(C)OC(=O)Nn1cnc2c(Cl)ccnc21. The van der Waals surface area contributed by atoms with Gasteiger partial charge in [0.15, 0.2) is 5.65 Å². The highest BCUT2D eigenvalue weighted by Crippen LogP contribution is 2.18. The van der Waals surface area contributed by atoms with Gasteiger partial charge in [0.1, 0.15) is 17.4 Å². The van der Waals surface area contributed by atoms with Gasteiger partial charge in [0.05, 0.1) is 5.02 Å². The lowest BCUT2D eigenvalue weighted by atomic mass is 10.2. The molecule has 2 aromatic heterocycles. The molecule has 96 valence electrons. The van der Waals surface area contributed by atoms with E-state index < -0.39 is 11.7 Å². The van der Waals surface area contributed by atoms with Crippen molar-refractivity contribution < 1.29 is 9.53 Å². The fourth-order valence-corrected chi connectivity index (χ4v) is 1.56. The van der Waals surface area contributed by atoms with E-state index in [0.29, 0.717) is 16.2 Å². The van der Waals surface area contributed by atoms with Crippen LogP contribution in [0.2, 0.25) is 5.02 Å². The Hall–Kier alpha value is -1.82. The number of carbonyl (C=O) groups is 1. The zero-order valence-electron chi connectivity index (χ0n) is 10.3. The number of hydrogen-bond donors (Lipinski definition) is 1. The van der Waals surface area contributed by atoms with Crippen LogP contribution in [-0.2, 0) is 4.74 Å². The van der Waals surface area contributed by atoms with E-state index in [-0.39, 0.29) is 0 Å². The molecule has 0 fully saturated rings. The number of nitrogens with zero attached hydrogens (tertiary/aromatic N) is 3. The van der Waals surface area contributed by atoms with Crippen molar-refractivity contribution >= 4 is 28.9 Å². The number of ether oxygens (including phenoxy) is 1. The largest absolute Gasteiger partial charge is 0.443 e. The Balaban J connectivity index is 2.23. The van der Waals surface area contributed by atoms with Gasteiger partial charge in [0.25, 0.3) is 0 Å². The summed E-state index contributed by atoms with van der Waals surface area (Å²) in [6.07, 6.45) is 2.39. The van der Waals surface area contributed by atoms with Gasteiger partial charge in [-0.3, -0.25) is 0 Å². The van der Waals surface area contributed by atoms with E-state index in [1.807, 2.05) is 0 Å². The van der Waals surface area contributed by atoms with E-state index in [2.05, 4.69) is 15.4 Å². The number of imidazole rings is 1. The Morgan fingerprint density at radius 3 is 2.83 bits per heavy atom. The quantitative estimate of drug-likeness (QED) is 0.863. The van der Waals surface area contributed by atoms with Crippen LogP contribution in [0.3, 0.4) is 0 Å². The maximum Gasteiger partial charge on any atom is 0.427 e. The monoisotopic (exact) mass is 268 g/mol. The molecule has 0 saturated heterocycles. The molecular weight excluding hydrogens is 256 g/mol. The smallest absolute Gasteiger partial charge is 0.427 e. The highest BCUT2D eigenvalue weighted by atomic mass is 35.5. The first-order valence-electron chi connectivity index (χ1n) is 5.34. The van der Waals surface area contributed by atoms with Crippen LogP contribution in [0.25, 0.3) is 11.2 Å². The van der Waals surface area contributed by atoms with Gasteiger partial charge >= 0.3 is 6.09 Å². The molecule has 0 radical (unpaired) electrons. The maximum atomic E-state index is 11.6. The van der Waals surface area contributed by atoms with Gasteiger partial charge in [-0.2, -0.15) is 0 Å². The van der Waals surface area contributed by atoms with Crippen molar-refractivity contribution in [1.82, 2.24) is 14.6 Å². The van der Waals surface area contributed by atoms with Gasteiger partial charge in [-0.1, -0.05) is 11.6 Å². The summed E-state index contributed by atoms with van der Waals surface area (Å²) in [5.41, 5.74) is 2.95. The Morgan fingerprint density at radius 2 is 2.17 bits per heavy atom. The van der Waals surface area contributed by atoms with E-state index in [0.717, 1.165) is 0 Å². The van der Waals surface area contributed by atoms with Crippen LogP contribution in [0.15, 0.2) is 18.6 Å². The summed E-state index contributed by atoms with van der Waals surface area (Å²) in [7, 11) is 0. The molecule has 0 atom stereocenters. The molecule has 2 aromatic rings. The zero-order valence-corrected chi connectivity index (χ0v) is 11.0. The number of fused-ring (bicyclic) bond motifs is 1. The molecule has 2 heterocycles. The number of rotatable bonds is 1. The molecule has 0 saturated carbocycles. The van der Waals surface area contributed by atoms with E-state index in [9.17, 15) is 4.79 Å². The van der Waals surface area contributed by atoms with Crippen molar-refractivity contribution in [2.24, 2.45) is 0 Å². The lowest BCUT2D eigenvalue weighted by Crippen LogP contribution is -2.31. The maximum absolute atomic E-state index is 11.6. The summed E-state index contributed by atoms with van der Waals surface area (Å²) in [5, 5.41) is 0.477. The lowest BCUT2D eigenvalue weighted by molar-refractivity contribution is 0.0614.